The second-order valence-corrected chi connectivity index (χ2v) is 5.99. The van der Waals surface area contributed by atoms with Crippen molar-refractivity contribution in [1.82, 2.24) is 0 Å². The van der Waals surface area contributed by atoms with Crippen LogP contribution in [0.5, 0.6) is 0 Å². The molecule has 0 saturated carbocycles. The summed E-state index contributed by atoms with van der Waals surface area (Å²) in [6, 6.07) is 12.9. The van der Waals surface area contributed by atoms with Gasteiger partial charge in [-0.15, -0.1) is 0 Å². The lowest BCUT2D eigenvalue weighted by Gasteiger charge is -2.16. The third kappa shape index (κ3) is 3.61. The quantitative estimate of drug-likeness (QED) is 0.443. The van der Waals surface area contributed by atoms with E-state index in [0.29, 0.717) is 0 Å². The van der Waals surface area contributed by atoms with Crippen LogP contribution in [-0.4, -0.2) is 4.92 Å². The van der Waals surface area contributed by atoms with Crippen LogP contribution in [-0.2, 0) is 0 Å². The van der Waals surface area contributed by atoms with Crippen LogP contribution < -0.4 is 5.32 Å². The van der Waals surface area contributed by atoms with E-state index in [1.165, 1.54) is 9.64 Å². The molecule has 0 saturated heterocycles. The molecule has 2 rings (SSSR count). The van der Waals surface area contributed by atoms with Gasteiger partial charge in [-0.1, -0.05) is 23.7 Å². The number of nitro benzene ring substituents is 1. The van der Waals surface area contributed by atoms with E-state index in [4.69, 9.17) is 11.6 Å². The minimum Gasteiger partial charge on any atom is -0.378 e. The van der Waals surface area contributed by atoms with E-state index in [1.54, 1.807) is 12.1 Å². The summed E-state index contributed by atoms with van der Waals surface area (Å²) in [6.07, 6.45) is 0. The summed E-state index contributed by atoms with van der Waals surface area (Å²) in [5.41, 5.74) is 1.81. The molecule has 0 aliphatic heterocycles. The van der Waals surface area contributed by atoms with Crippen molar-refractivity contribution in [2.75, 3.05) is 5.32 Å². The lowest BCUT2D eigenvalue weighted by molar-refractivity contribution is -0.384. The summed E-state index contributed by atoms with van der Waals surface area (Å²) in [7, 11) is 0. The third-order valence-corrected chi connectivity index (χ3v) is 3.92. The summed E-state index contributed by atoms with van der Waals surface area (Å²) >= 11 is 8.15. The van der Waals surface area contributed by atoms with Gasteiger partial charge in [0.05, 0.1) is 4.92 Å². The lowest BCUT2D eigenvalue weighted by atomic mass is 10.1. The molecule has 0 bridgehead atoms. The molecule has 4 nitrogen and oxygen atoms in total. The SMILES string of the molecule is CC(Nc1ccc([N+](=O)[O-])c(Cl)c1)c1ccc(I)cc1. The number of nitrogens with zero attached hydrogens (tertiary/aromatic N) is 1. The van der Waals surface area contributed by atoms with Gasteiger partial charge >= 0.3 is 0 Å². The number of benzene rings is 2. The van der Waals surface area contributed by atoms with E-state index < -0.39 is 4.92 Å². The van der Waals surface area contributed by atoms with Crippen LogP contribution in [0.2, 0.25) is 5.02 Å². The number of halogens is 2. The fraction of sp³-hybridized carbons (Fsp3) is 0.143. The molecule has 2 aromatic rings. The number of hydrogen-bond donors (Lipinski definition) is 1. The zero-order valence-electron chi connectivity index (χ0n) is 10.6. The number of hydrogen-bond acceptors (Lipinski definition) is 3. The monoisotopic (exact) mass is 402 g/mol. The van der Waals surface area contributed by atoms with Crippen molar-refractivity contribution >= 4 is 45.6 Å². The summed E-state index contributed by atoms with van der Waals surface area (Å²) in [6.45, 7) is 2.03. The largest absolute Gasteiger partial charge is 0.378 e. The molecular weight excluding hydrogens is 391 g/mol. The molecule has 0 amide bonds. The number of rotatable bonds is 4. The predicted octanol–water partition coefficient (Wildman–Crippen LogP) is 5.03. The van der Waals surface area contributed by atoms with Gasteiger partial charge in [-0.05, 0) is 59.3 Å². The Morgan fingerprint density at radius 3 is 2.45 bits per heavy atom. The van der Waals surface area contributed by atoms with Crippen molar-refractivity contribution in [3.05, 3.63) is 66.7 Å². The summed E-state index contributed by atoms with van der Waals surface area (Å²) in [5.74, 6) is 0. The molecule has 0 fully saturated rings. The normalized spacial score (nSPS) is 11.9. The molecule has 20 heavy (non-hydrogen) atoms. The Morgan fingerprint density at radius 2 is 1.90 bits per heavy atom. The Labute approximate surface area is 135 Å². The van der Waals surface area contributed by atoms with Crippen molar-refractivity contribution in [1.29, 1.82) is 0 Å². The van der Waals surface area contributed by atoms with Gasteiger partial charge in [-0.25, -0.2) is 0 Å². The Morgan fingerprint density at radius 1 is 1.25 bits per heavy atom. The molecule has 1 N–H and O–H groups in total. The molecule has 104 valence electrons. The van der Waals surface area contributed by atoms with E-state index in [2.05, 4.69) is 27.9 Å². The van der Waals surface area contributed by atoms with E-state index in [0.717, 1.165) is 11.3 Å². The van der Waals surface area contributed by atoms with E-state index >= 15 is 0 Å². The Hall–Kier alpha value is -1.34. The van der Waals surface area contributed by atoms with E-state index in [1.807, 2.05) is 31.2 Å². The first-order valence-corrected chi connectivity index (χ1v) is 7.39. The maximum absolute atomic E-state index is 10.7. The molecule has 0 aliphatic carbocycles. The van der Waals surface area contributed by atoms with Crippen LogP contribution in [0.3, 0.4) is 0 Å². The molecular formula is C14H12ClIN2O2. The van der Waals surface area contributed by atoms with Crippen LogP contribution >= 0.6 is 34.2 Å². The van der Waals surface area contributed by atoms with Crippen molar-refractivity contribution in [2.24, 2.45) is 0 Å². The van der Waals surface area contributed by atoms with Gasteiger partial charge in [0.25, 0.3) is 5.69 Å². The third-order valence-electron chi connectivity index (χ3n) is 2.90. The van der Waals surface area contributed by atoms with Gasteiger partial charge < -0.3 is 5.32 Å². The fourth-order valence-corrected chi connectivity index (χ4v) is 2.44. The minimum atomic E-state index is -0.491. The molecule has 0 spiro atoms. The summed E-state index contributed by atoms with van der Waals surface area (Å²) in [5, 5.41) is 14.1. The first kappa shape index (κ1) is 15.1. The zero-order chi connectivity index (χ0) is 14.7. The molecule has 1 atom stereocenters. The molecule has 1 unspecified atom stereocenters. The van der Waals surface area contributed by atoms with Gasteiger partial charge in [-0.3, -0.25) is 10.1 Å². The second-order valence-electron chi connectivity index (χ2n) is 4.34. The maximum atomic E-state index is 10.7. The van der Waals surface area contributed by atoms with E-state index in [-0.39, 0.29) is 16.8 Å². The van der Waals surface area contributed by atoms with Crippen LogP contribution in [0, 0.1) is 13.7 Å². The molecule has 2 aromatic carbocycles. The summed E-state index contributed by atoms with van der Waals surface area (Å²) < 4.78 is 1.18. The van der Waals surface area contributed by atoms with Gasteiger partial charge in [0.2, 0.25) is 0 Å². The highest BCUT2D eigenvalue weighted by molar-refractivity contribution is 14.1. The highest BCUT2D eigenvalue weighted by Gasteiger charge is 2.13. The smallest absolute Gasteiger partial charge is 0.288 e. The topological polar surface area (TPSA) is 55.2 Å². The highest BCUT2D eigenvalue weighted by atomic mass is 127. The van der Waals surface area contributed by atoms with Crippen LogP contribution in [0.1, 0.15) is 18.5 Å². The Bertz CT molecular complexity index is 632. The molecule has 0 aliphatic rings. The van der Waals surface area contributed by atoms with Gasteiger partial charge in [0.15, 0.2) is 0 Å². The average Bonchev–Trinajstić information content (AvgIpc) is 2.39. The first-order chi connectivity index (χ1) is 9.47. The van der Waals surface area contributed by atoms with E-state index in [9.17, 15) is 10.1 Å². The summed E-state index contributed by atoms with van der Waals surface area (Å²) in [4.78, 5) is 10.2. The average molecular weight is 403 g/mol. The van der Waals surface area contributed by atoms with Crippen LogP contribution in [0.15, 0.2) is 42.5 Å². The molecule has 0 radical (unpaired) electrons. The number of nitrogens with one attached hydrogen (secondary N) is 1. The van der Waals surface area contributed by atoms with Crippen LogP contribution in [0.25, 0.3) is 0 Å². The van der Waals surface area contributed by atoms with Crippen molar-refractivity contribution in [3.8, 4) is 0 Å². The zero-order valence-corrected chi connectivity index (χ0v) is 13.6. The van der Waals surface area contributed by atoms with Crippen molar-refractivity contribution in [3.63, 3.8) is 0 Å². The Kier molecular flexibility index (Phi) is 4.82. The molecule has 0 heterocycles. The number of nitro groups is 1. The standard InChI is InChI=1S/C14H12ClIN2O2/c1-9(10-2-4-11(16)5-3-10)17-12-6-7-14(18(19)20)13(15)8-12/h2-9,17H,1H3. The minimum absolute atomic E-state index is 0.0841. The van der Waals surface area contributed by atoms with Crippen LogP contribution in [0.4, 0.5) is 11.4 Å². The fourth-order valence-electron chi connectivity index (χ4n) is 1.83. The van der Waals surface area contributed by atoms with Crippen molar-refractivity contribution < 1.29 is 4.92 Å². The predicted molar refractivity (Wildman–Crippen MR) is 89.3 cm³/mol. The molecule has 6 heteroatoms. The first-order valence-electron chi connectivity index (χ1n) is 5.93. The van der Waals surface area contributed by atoms with Gasteiger partial charge in [-0.2, -0.15) is 0 Å². The van der Waals surface area contributed by atoms with Gasteiger partial charge in [0.1, 0.15) is 5.02 Å². The van der Waals surface area contributed by atoms with Gasteiger partial charge in [0, 0.05) is 21.4 Å². The molecule has 0 aromatic heterocycles. The maximum Gasteiger partial charge on any atom is 0.288 e. The Balaban J connectivity index is 2.15. The second kappa shape index (κ2) is 6.41. The number of anilines is 1. The lowest BCUT2D eigenvalue weighted by Crippen LogP contribution is -2.06. The highest BCUT2D eigenvalue weighted by Crippen LogP contribution is 2.29. The van der Waals surface area contributed by atoms with Crippen molar-refractivity contribution in [2.45, 2.75) is 13.0 Å².